The van der Waals surface area contributed by atoms with Gasteiger partial charge in [0.15, 0.2) is 0 Å². The van der Waals surface area contributed by atoms with Gasteiger partial charge in [0.1, 0.15) is 5.82 Å². The molecule has 2 heterocycles. The molecule has 2 atom stereocenters. The van der Waals surface area contributed by atoms with E-state index in [1.165, 1.54) is 18.3 Å². The molecule has 0 bridgehead atoms. The van der Waals surface area contributed by atoms with E-state index in [4.69, 9.17) is 5.84 Å². The van der Waals surface area contributed by atoms with E-state index in [-0.39, 0.29) is 10.9 Å². The predicted molar refractivity (Wildman–Crippen MR) is 69.2 cm³/mol. The summed E-state index contributed by atoms with van der Waals surface area (Å²) in [5.41, 5.74) is 2.36. The minimum Gasteiger partial charge on any atom is -0.308 e. The molecule has 6 nitrogen and oxygen atoms in total. The first-order valence-electron chi connectivity index (χ1n) is 5.89. The zero-order chi connectivity index (χ0) is 13.3. The minimum atomic E-state index is -3.46. The maximum absolute atomic E-state index is 12.5. The maximum atomic E-state index is 12.5. The van der Waals surface area contributed by atoms with Gasteiger partial charge in [0.2, 0.25) is 10.0 Å². The second-order valence-electron chi connectivity index (χ2n) is 4.79. The third-order valence-corrected chi connectivity index (χ3v) is 5.19. The molecule has 100 valence electrons. The normalized spacial score (nSPS) is 25.3. The van der Waals surface area contributed by atoms with Crippen LogP contribution in [0.5, 0.6) is 0 Å². The lowest BCUT2D eigenvalue weighted by Crippen LogP contribution is -2.34. The summed E-state index contributed by atoms with van der Waals surface area (Å²) < 4.78 is 26.5. The van der Waals surface area contributed by atoms with Crippen LogP contribution in [-0.4, -0.2) is 30.3 Å². The number of nitrogens with one attached hydrogen (secondary N) is 1. The van der Waals surface area contributed by atoms with Crippen molar-refractivity contribution in [2.75, 3.05) is 12.0 Å². The summed E-state index contributed by atoms with van der Waals surface area (Å²) in [5.74, 6) is 5.98. The highest BCUT2D eigenvalue weighted by Crippen LogP contribution is 2.29. The fourth-order valence-electron chi connectivity index (χ4n) is 2.38. The van der Waals surface area contributed by atoms with Crippen molar-refractivity contribution in [3.63, 3.8) is 0 Å². The highest BCUT2D eigenvalue weighted by molar-refractivity contribution is 7.89. The van der Waals surface area contributed by atoms with E-state index >= 15 is 0 Å². The average molecular weight is 270 g/mol. The predicted octanol–water partition coefficient (Wildman–Crippen LogP) is 0.786. The van der Waals surface area contributed by atoms with Crippen LogP contribution in [0.1, 0.15) is 20.3 Å². The Labute approximate surface area is 107 Å². The van der Waals surface area contributed by atoms with Crippen molar-refractivity contribution in [3.05, 3.63) is 18.3 Å². The number of nitrogens with zero attached hydrogens (tertiary/aromatic N) is 2. The van der Waals surface area contributed by atoms with Gasteiger partial charge in [-0.1, -0.05) is 6.92 Å². The van der Waals surface area contributed by atoms with Crippen LogP contribution in [0.2, 0.25) is 0 Å². The monoisotopic (exact) mass is 270 g/mol. The van der Waals surface area contributed by atoms with E-state index in [1.54, 1.807) is 4.31 Å². The van der Waals surface area contributed by atoms with Crippen LogP contribution >= 0.6 is 0 Å². The smallest absolute Gasteiger partial charge is 0.243 e. The highest BCUT2D eigenvalue weighted by atomic mass is 32.2. The van der Waals surface area contributed by atoms with E-state index < -0.39 is 10.0 Å². The molecular formula is C11H18N4O2S. The van der Waals surface area contributed by atoms with Gasteiger partial charge in [-0.05, 0) is 25.3 Å². The molecule has 2 rings (SSSR count). The Morgan fingerprint density at radius 3 is 2.78 bits per heavy atom. The lowest BCUT2D eigenvalue weighted by atomic mass is 10.1. The second kappa shape index (κ2) is 4.83. The maximum Gasteiger partial charge on any atom is 0.243 e. The SMILES string of the molecule is CC1CC(C)N(S(=O)(=O)c2ccnc(NN)c2)C1. The van der Waals surface area contributed by atoms with Crippen LogP contribution in [-0.2, 0) is 10.0 Å². The van der Waals surface area contributed by atoms with Crippen LogP contribution in [0.3, 0.4) is 0 Å². The topological polar surface area (TPSA) is 88.3 Å². The molecule has 0 aliphatic carbocycles. The quantitative estimate of drug-likeness (QED) is 0.626. The number of hydrazine groups is 1. The number of nitrogens with two attached hydrogens (primary N) is 1. The van der Waals surface area contributed by atoms with Gasteiger partial charge in [-0.3, -0.25) is 0 Å². The molecule has 1 aromatic heterocycles. The van der Waals surface area contributed by atoms with E-state index in [9.17, 15) is 8.42 Å². The van der Waals surface area contributed by atoms with Crippen LogP contribution in [0, 0.1) is 5.92 Å². The van der Waals surface area contributed by atoms with Gasteiger partial charge in [0, 0.05) is 24.8 Å². The lowest BCUT2D eigenvalue weighted by Gasteiger charge is -2.21. The third kappa shape index (κ3) is 2.33. The molecule has 1 aliphatic rings. The Hall–Kier alpha value is -1.18. The summed E-state index contributed by atoms with van der Waals surface area (Å²) in [7, 11) is -3.46. The molecular weight excluding hydrogens is 252 g/mol. The molecule has 2 unspecified atom stereocenters. The van der Waals surface area contributed by atoms with Crippen LogP contribution in [0.25, 0.3) is 0 Å². The molecule has 1 saturated heterocycles. The zero-order valence-corrected chi connectivity index (χ0v) is 11.3. The van der Waals surface area contributed by atoms with Gasteiger partial charge < -0.3 is 5.43 Å². The van der Waals surface area contributed by atoms with Gasteiger partial charge in [-0.25, -0.2) is 19.2 Å². The number of hydrogen-bond donors (Lipinski definition) is 2. The Morgan fingerprint density at radius 1 is 1.50 bits per heavy atom. The fourth-order valence-corrected chi connectivity index (χ4v) is 4.16. The highest BCUT2D eigenvalue weighted by Gasteiger charge is 2.36. The minimum absolute atomic E-state index is 0.0347. The molecule has 0 aromatic carbocycles. The Morgan fingerprint density at radius 2 is 2.22 bits per heavy atom. The van der Waals surface area contributed by atoms with Crippen molar-refractivity contribution in [1.82, 2.24) is 9.29 Å². The molecule has 3 N–H and O–H groups in total. The fraction of sp³-hybridized carbons (Fsp3) is 0.545. The zero-order valence-electron chi connectivity index (χ0n) is 10.5. The third-order valence-electron chi connectivity index (χ3n) is 3.21. The Kier molecular flexibility index (Phi) is 3.56. The van der Waals surface area contributed by atoms with Crippen molar-refractivity contribution in [2.24, 2.45) is 11.8 Å². The first-order valence-corrected chi connectivity index (χ1v) is 7.33. The largest absolute Gasteiger partial charge is 0.308 e. The van der Waals surface area contributed by atoms with Crippen molar-refractivity contribution < 1.29 is 8.42 Å². The molecule has 1 aromatic rings. The van der Waals surface area contributed by atoms with Gasteiger partial charge in [-0.2, -0.15) is 4.31 Å². The summed E-state index contributed by atoms with van der Waals surface area (Å²) in [6.07, 6.45) is 2.33. The molecule has 1 aliphatic heterocycles. The number of anilines is 1. The average Bonchev–Trinajstić information content (AvgIpc) is 2.69. The van der Waals surface area contributed by atoms with Gasteiger partial charge >= 0.3 is 0 Å². The summed E-state index contributed by atoms with van der Waals surface area (Å²) in [6, 6.07) is 2.98. The molecule has 7 heteroatoms. The lowest BCUT2D eigenvalue weighted by molar-refractivity contribution is 0.405. The van der Waals surface area contributed by atoms with Crippen molar-refractivity contribution in [3.8, 4) is 0 Å². The van der Waals surface area contributed by atoms with Crippen molar-refractivity contribution in [1.29, 1.82) is 0 Å². The summed E-state index contributed by atoms with van der Waals surface area (Å²) in [6.45, 7) is 4.56. The molecule has 0 saturated carbocycles. The molecule has 0 amide bonds. The van der Waals surface area contributed by atoms with Crippen LogP contribution in [0.4, 0.5) is 5.82 Å². The second-order valence-corrected chi connectivity index (χ2v) is 6.68. The van der Waals surface area contributed by atoms with Crippen molar-refractivity contribution >= 4 is 15.8 Å². The van der Waals surface area contributed by atoms with E-state index in [0.29, 0.717) is 18.3 Å². The molecule has 18 heavy (non-hydrogen) atoms. The number of aromatic nitrogens is 1. The number of sulfonamides is 1. The summed E-state index contributed by atoms with van der Waals surface area (Å²) >= 11 is 0. The number of rotatable bonds is 3. The van der Waals surface area contributed by atoms with Gasteiger partial charge in [-0.15, -0.1) is 0 Å². The molecule has 0 spiro atoms. The van der Waals surface area contributed by atoms with E-state index in [0.717, 1.165) is 6.42 Å². The number of nitrogen functional groups attached to an aromatic ring is 1. The summed E-state index contributed by atoms with van der Waals surface area (Å²) in [5, 5.41) is 0. The molecule has 1 fully saturated rings. The Bertz CT molecular complexity index is 532. The van der Waals surface area contributed by atoms with E-state index in [1.807, 2.05) is 6.92 Å². The standard InChI is InChI=1S/C11H18N4O2S/c1-8-5-9(2)15(7-8)18(16,17)10-3-4-13-11(6-10)14-12/h3-4,6,8-9H,5,7,12H2,1-2H3,(H,13,14). The van der Waals surface area contributed by atoms with E-state index in [2.05, 4.69) is 17.3 Å². The van der Waals surface area contributed by atoms with Gasteiger partial charge in [0.05, 0.1) is 4.90 Å². The van der Waals surface area contributed by atoms with Crippen molar-refractivity contribution in [2.45, 2.75) is 31.2 Å². The number of hydrogen-bond acceptors (Lipinski definition) is 5. The first kappa shape index (κ1) is 13.3. The first-order chi connectivity index (χ1) is 8.45. The van der Waals surface area contributed by atoms with Crippen LogP contribution < -0.4 is 11.3 Å². The summed E-state index contributed by atoms with van der Waals surface area (Å²) in [4.78, 5) is 4.14. The Balaban J connectivity index is 2.36. The molecule has 0 radical (unpaired) electrons. The van der Waals surface area contributed by atoms with Crippen LogP contribution in [0.15, 0.2) is 23.2 Å². The number of pyridine rings is 1. The van der Waals surface area contributed by atoms with Gasteiger partial charge in [0.25, 0.3) is 0 Å².